The maximum atomic E-state index is 12.4. The number of carbonyl (C=O) groups excluding carboxylic acids is 1. The van der Waals surface area contributed by atoms with Crippen molar-refractivity contribution >= 4 is 27.3 Å². The zero-order valence-corrected chi connectivity index (χ0v) is 15.4. The lowest BCUT2D eigenvalue weighted by Gasteiger charge is -2.09. The molecule has 3 aromatic carbocycles. The fourth-order valence-electron chi connectivity index (χ4n) is 2.38. The fraction of sp³-hybridized carbons (Fsp3) is 0.0500. The number of benzene rings is 3. The van der Waals surface area contributed by atoms with Crippen LogP contribution in [0, 0.1) is 0 Å². The molecule has 0 aromatic heterocycles. The molecule has 0 saturated carbocycles. The van der Waals surface area contributed by atoms with Gasteiger partial charge in [-0.15, -0.1) is 0 Å². The normalized spacial score (nSPS) is 10.9. The van der Waals surface area contributed by atoms with Gasteiger partial charge in [0.1, 0.15) is 5.75 Å². The third kappa shape index (κ3) is 4.65. The van der Waals surface area contributed by atoms with E-state index in [1.807, 2.05) is 0 Å². The molecule has 2 N–H and O–H groups in total. The summed E-state index contributed by atoms with van der Waals surface area (Å²) < 4.78 is 32.4. The van der Waals surface area contributed by atoms with Crippen molar-refractivity contribution in [1.29, 1.82) is 0 Å². The number of rotatable bonds is 6. The van der Waals surface area contributed by atoms with Gasteiger partial charge in [-0.1, -0.05) is 18.2 Å². The molecule has 138 valence electrons. The summed E-state index contributed by atoms with van der Waals surface area (Å²) in [6.45, 7) is 0. The fourth-order valence-corrected chi connectivity index (χ4v) is 3.44. The Kier molecular flexibility index (Phi) is 5.42. The first-order valence-electron chi connectivity index (χ1n) is 8.11. The molecular formula is C20H18N2O4S. The number of anilines is 2. The van der Waals surface area contributed by atoms with Crippen LogP contribution in [-0.4, -0.2) is 21.4 Å². The van der Waals surface area contributed by atoms with Crippen LogP contribution >= 0.6 is 0 Å². The van der Waals surface area contributed by atoms with E-state index >= 15 is 0 Å². The third-order valence-electron chi connectivity index (χ3n) is 3.80. The number of methoxy groups -OCH3 is 1. The molecule has 1 amide bonds. The molecule has 0 unspecified atom stereocenters. The van der Waals surface area contributed by atoms with Gasteiger partial charge in [0.15, 0.2) is 0 Å². The van der Waals surface area contributed by atoms with Gasteiger partial charge < -0.3 is 10.1 Å². The van der Waals surface area contributed by atoms with E-state index in [1.165, 1.54) is 12.1 Å². The molecule has 0 fully saturated rings. The monoisotopic (exact) mass is 382 g/mol. The minimum Gasteiger partial charge on any atom is -0.497 e. The standard InChI is InChI=1S/C20H18N2O4S/c1-26-18-11-7-15(8-12-18)20(23)21-16-9-13-19(14-10-16)27(24,25)22-17-5-3-2-4-6-17/h2-14,22H,1H3,(H,21,23). The summed E-state index contributed by atoms with van der Waals surface area (Å²) in [4.78, 5) is 12.4. The van der Waals surface area contributed by atoms with Crippen molar-refractivity contribution in [2.75, 3.05) is 17.1 Å². The summed E-state index contributed by atoms with van der Waals surface area (Å²) in [5.74, 6) is 0.364. The van der Waals surface area contributed by atoms with E-state index < -0.39 is 10.0 Å². The predicted octanol–water partition coefficient (Wildman–Crippen LogP) is 3.75. The molecule has 0 saturated heterocycles. The number of nitrogens with one attached hydrogen (secondary N) is 2. The van der Waals surface area contributed by atoms with Crippen molar-refractivity contribution in [2.24, 2.45) is 0 Å². The van der Waals surface area contributed by atoms with E-state index in [0.717, 1.165) is 0 Å². The Balaban J connectivity index is 1.70. The van der Waals surface area contributed by atoms with Crippen LogP contribution < -0.4 is 14.8 Å². The number of sulfonamides is 1. The van der Waals surface area contributed by atoms with Gasteiger partial charge in [0, 0.05) is 16.9 Å². The number of amides is 1. The van der Waals surface area contributed by atoms with E-state index in [2.05, 4.69) is 10.0 Å². The highest BCUT2D eigenvalue weighted by Crippen LogP contribution is 2.19. The molecule has 3 aromatic rings. The number of ether oxygens (including phenoxy) is 1. The highest BCUT2D eigenvalue weighted by Gasteiger charge is 2.14. The molecular weight excluding hydrogens is 364 g/mol. The topological polar surface area (TPSA) is 84.5 Å². The lowest BCUT2D eigenvalue weighted by molar-refractivity contribution is 0.102. The first-order valence-corrected chi connectivity index (χ1v) is 9.59. The summed E-state index contributed by atoms with van der Waals surface area (Å²) in [6.07, 6.45) is 0. The van der Waals surface area contributed by atoms with Gasteiger partial charge in [0.05, 0.1) is 12.0 Å². The molecule has 0 aliphatic rings. The van der Waals surface area contributed by atoms with Gasteiger partial charge in [-0.05, 0) is 60.7 Å². The van der Waals surface area contributed by atoms with Crippen molar-refractivity contribution < 1.29 is 17.9 Å². The number of carbonyl (C=O) groups is 1. The molecule has 0 radical (unpaired) electrons. The summed E-state index contributed by atoms with van der Waals surface area (Å²) in [7, 11) is -2.14. The molecule has 7 heteroatoms. The molecule has 0 aliphatic carbocycles. The van der Waals surface area contributed by atoms with Gasteiger partial charge in [-0.2, -0.15) is 0 Å². The van der Waals surface area contributed by atoms with Gasteiger partial charge in [-0.3, -0.25) is 9.52 Å². The largest absolute Gasteiger partial charge is 0.497 e. The summed E-state index contributed by atoms with van der Waals surface area (Å²) >= 11 is 0. The second-order valence-corrected chi connectivity index (χ2v) is 7.36. The van der Waals surface area contributed by atoms with Crippen LogP contribution in [0.25, 0.3) is 0 Å². The zero-order chi connectivity index (χ0) is 19.3. The van der Waals surface area contributed by atoms with E-state index in [4.69, 9.17) is 4.74 Å². The van der Waals surface area contributed by atoms with Crippen LogP contribution in [0.1, 0.15) is 10.4 Å². The first-order chi connectivity index (χ1) is 13.0. The van der Waals surface area contributed by atoms with E-state index in [0.29, 0.717) is 22.7 Å². The van der Waals surface area contributed by atoms with Crippen molar-refractivity contribution in [3.63, 3.8) is 0 Å². The average Bonchev–Trinajstić information content (AvgIpc) is 2.69. The Morgan fingerprint density at radius 2 is 1.44 bits per heavy atom. The van der Waals surface area contributed by atoms with Crippen molar-refractivity contribution in [3.05, 3.63) is 84.4 Å². The maximum absolute atomic E-state index is 12.4. The Morgan fingerprint density at radius 3 is 2.04 bits per heavy atom. The van der Waals surface area contributed by atoms with Crippen LogP contribution in [0.4, 0.5) is 11.4 Å². The highest BCUT2D eigenvalue weighted by molar-refractivity contribution is 7.92. The summed E-state index contributed by atoms with van der Waals surface area (Å²) in [6, 6.07) is 21.3. The molecule has 3 rings (SSSR count). The van der Waals surface area contributed by atoms with Crippen LogP contribution in [0.2, 0.25) is 0 Å². The van der Waals surface area contributed by atoms with Crippen molar-refractivity contribution in [1.82, 2.24) is 0 Å². The number of hydrogen-bond acceptors (Lipinski definition) is 4. The van der Waals surface area contributed by atoms with Crippen LogP contribution in [0.15, 0.2) is 83.8 Å². The quantitative estimate of drug-likeness (QED) is 0.680. The highest BCUT2D eigenvalue weighted by atomic mass is 32.2. The van der Waals surface area contributed by atoms with Crippen molar-refractivity contribution in [2.45, 2.75) is 4.90 Å². The molecule has 6 nitrogen and oxygen atoms in total. The third-order valence-corrected chi connectivity index (χ3v) is 5.20. The Bertz CT molecular complexity index is 1020. The first kappa shape index (κ1) is 18.5. The molecule has 0 atom stereocenters. The minimum atomic E-state index is -3.70. The van der Waals surface area contributed by atoms with Crippen molar-refractivity contribution in [3.8, 4) is 5.75 Å². The average molecular weight is 382 g/mol. The zero-order valence-electron chi connectivity index (χ0n) is 14.5. The Labute approximate surface area is 157 Å². The molecule has 0 spiro atoms. The van der Waals surface area contributed by atoms with Gasteiger partial charge in [0.25, 0.3) is 15.9 Å². The summed E-state index contributed by atoms with van der Waals surface area (Å²) in [5.41, 5.74) is 1.45. The predicted molar refractivity (Wildman–Crippen MR) is 105 cm³/mol. The Morgan fingerprint density at radius 1 is 0.815 bits per heavy atom. The maximum Gasteiger partial charge on any atom is 0.261 e. The minimum absolute atomic E-state index is 0.105. The van der Waals surface area contributed by atoms with Crippen LogP contribution in [0.3, 0.4) is 0 Å². The SMILES string of the molecule is COc1ccc(C(=O)Nc2ccc(S(=O)(=O)Nc3ccccc3)cc2)cc1. The second-order valence-electron chi connectivity index (χ2n) is 5.68. The smallest absolute Gasteiger partial charge is 0.261 e. The molecule has 0 aliphatic heterocycles. The summed E-state index contributed by atoms with van der Waals surface area (Å²) in [5, 5.41) is 2.73. The van der Waals surface area contributed by atoms with E-state index in [9.17, 15) is 13.2 Å². The van der Waals surface area contributed by atoms with Crippen LogP contribution in [0.5, 0.6) is 5.75 Å². The molecule has 0 bridgehead atoms. The van der Waals surface area contributed by atoms with Gasteiger partial charge in [-0.25, -0.2) is 8.42 Å². The number of hydrogen-bond donors (Lipinski definition) is 2. The molecule has 0 heterocycles. The molecule has 27 heavy (non-hydrogen) atoms. The second kappa shape index (κ2) is 7.92. The van der Waals surface area contributed by atoms with Crippen LogP contribution in [-0.2, 0) is 10.0 Å². The Hall–Kier alpha value is -3.32. The van der Waals surface area contributed by atoms with Gasteiger partial charge >= 0.3 is 0 Å². The van der Waals surface area contributed by atoms with Gasteiger partial charge in [0.2, 0.25) is 0 Å². The number of para-hydroxylation sites is 1. The lowest BCUT2D eigenvalue weighted by Crippen LogP contribution is -2.14. The van der Waals surface area contributed by atoms with E-state index in [-0.39, 0.29) is 10.8 Å². The lowest BCUT2D eigenvalue weighted by atomic mass is 10.2. The van der Waals surface area contributed by atoms with E-state index in [1.54, 1.807) is 73.8 Å².